The van der Waals surface area contributed by atoms with Crippen molar-refractivity contribution in [1.82, 2.24) is 24.3 Å². The van der Waals surface area contributed by atoms with Crippen LogP contribution in [0.4, 0.5) is 0 Å². The number of hydrogen-bond donors (Lipinski definition) is 0. The van der Waals surface area contributed by atoms with Crippen LogP contribution >= 0.6 is 0 Å². The van der Waals surface area contributed by atoms with Crippen molar-refractivity contribution in [2.24, 2.45) is 7.05 Å². The van der Waals surface area contributed by atoms with Crippen LogP contribution in [0.25, 0.3) is 23.0 Å². The van der Waals surface area contributed by atoms with Gasteiger partial charge in [0.05, 0.1) is 17.6 Å². The van der Waals surface area contributed by atoms with Gasteiger partial charge in [0.15, 0.2) is 0 Å². The van der Waals surface area contributed by atoms with Gasteiger partial charge in [-0.1, -0.05) is 0 Å². The van der Waals surface area contributed by atoms with E-state index < -0.39 is 0 Å². The second-order valence-corrected chi connectivity index (χ2v) is 6.68. The van der Waals surface area contributed by atoms with Crippen molar-refractivity contribution in [3.63, 3.8) is 0 Å². The lowest BCUT2D eigenvalue weighted by molar-refractivity contribution is 0.738. The van der Waals surface area contributed by atoms with Crippen LogP contribution in [0.15, 0.2) is 36.9 Å². The number of pyridine rings is 1. The van der Waals surface area contributed by atoms with Crippen LogP contribution in [0.3, 0.4) is 0 Å². The quantitative estimate of drug-likeness (QED) is 0.743. The lowest BCUT2D eigenvalue weighted by Gasteiger charge is -2.14. The van der Waals surface area contributed by atoms with E-state index in [4.69, 9.17) is 4.98 Å². The maximum atomic E-state index is 4.97. The molecule has 0 amide bonds. The van der Waals surface area contributed by atoms with Gasteiger partial charge >= 0.3 is 0 Å². The molecule has 3 aromatic rings. The molecule has 5 rings (SSSR count). The fourth-order valence-electron chi connectivity index (χ4n) is 3.53. The molecule has 2 aliphatic rings. The van der Waals surface area contributed by atoms with E-state index in [-0.39, 0.29) is 0 Å². The molecule has 0 aliphatic heterocycles. The van der Waals surface area contributed by atoms with Gasteiger partial charge in [0, 0.05) is 42.8 Å². The molecule has 5 nitrogen and oxygen atoms in total. The highest BCUT2D eigenvalue weighted by Crippen LogP contribution is 2.43. The largest absolute Gasteiger partial charge is 0.321 e. The molecule has 0 unspecified atom stereocenters. The molecule has 3 aromatic heterocycles. The van der Waals surface area contributed by atoms with Gasteiger partial charge in [-0.25, -0.2) is 4.98 Å². The van der Waals surface area contributed by atoms with Crippen LogP contribution in [-0.4, -0.2) is 24.3 Å². The molecular weight excluding hydrogens is 298 g/mol. The molecule has 1 fully saturated rings. The highest BCUT2D eigenvalue weighted by molar-refractivity contribution is 5.83. The zero-order valence-electron chi connectivity index (χ0n) is 13.7. The number of aromatic nitrogens is 5. The van der Waals surface area contributed by atoms with E-state index in [0.29, 0.717) is 6.04 Å². The lowest BCUT2D eigenvalue weighted by atomic mass is 9.96. The smallest absolute Gasteiger partial charge is 0.142 e. The summed E-state index contributed by atoms with van der Waals surface area (Å²) in [7, 11) is 1.97. The molecule has 120 valence electrons. The Labute approximate surface area is 140 Å². The number of aryl methyl sites for hydroxylation is 2. The van der Waals surface area contributed by atoms with E-state index in [0.717, 1.165) is 24.2 Å². The minimum atomic E-state index is 0.584. The maximum absolute atomic E-state index is 4.97. The highest BCUT2D eigenvalue weighted by Gasteiger charge is 2.31. The topological polar surface area (TPSA) is 48.5 Å². The van der Waals surface area contributed by atoms with E-state index in [9.17, 15) is 0 Å². The van der Waals surface area contributed by atoms with Crippen molar-refractivity contribution < 1.29 is 0 Å². The normalized spacial score (nSPS) is 16.8. The first-order chi connectivity index (χ1) is 11.8. The number of fused-ring (bicyclic) bond motifs is 1. The van der Waals surface area contributed by atoms with Gasteiger partial charge in [-0.05, 0) is 49.5 Å². The Kier molecular flexibility index (Phi) is 2.95. The van der Waals surface area contributed by atoms with Gasteiger partial charge < -0.3 is 4.57 Å². The molecule has 0 N–H and O–H groups in total. The SMILES string of the molecule is Cn1cc(C2=Cc3c(nc(-c4cccnc4)n3C3CC3)CC2)cn1. The van der Waals surface area contributed by atoms with E-state index in [2.05, 4.69) is 33.0 Å². The Bertz CT molecular complexity index is 928. The van der Waals surface area contributed by atoms with Crippen molar-refractivity contribution in [3.05, 3.63) is 53.9 Å². The van der Waals surface area contributed by atoms with Crippen LogP contribution in [0, 0.1) is 0 Å². The second-order valence-electron chi connectivity index (χ2n) is 6.68. The summed E-state index contributed by atoms with van der Waals surface area (Å²) in [5.74, 6) is 1.07. The minimum absolute atomic E-state index is 0.584. The van der Waals surface area contributed by atoms with E-state index >= 15 is 0 Å². The summed E-state index contributed by atoms with van der Waals surface area (Å²) in [5.41, 5.74) is 6.18. The van der Waals surface area contributed by atoms with Gasteiger partial charge in [-0.2, -0.15) is 5.10 Å². The molecular formula is C19H19N5. The number of imidazole rings is 1. The Morgan fingerprint density at radius 3 is 2.75 bits per heavy atom. The third-order valence-electron chi connectivity index (χ3n) is 4.87. The van der Waals surface area contributed by atoms with Gasteiger partial charge in [0.1, 0.15) is 5.82 Å². The number of hydrogen-bond acceptors (Lipinski definition) is 3. The minimum Gasteiger partial charge on any atom is -0.321 e. The van der Waals surface area contributed by atoms with Gasteiger partial charge in [-0.15, -0.1) is 0 Å². The van der Waals surface area contributed by atoms with Crippen LogP contribution < -0.4 is 0 Å². The van der Waals surface area contributed by atoms with Crippen molar-refractivity contribution in [3.8, 4) is 11.4 Å². The van der Waals surface area contributed by atoms with E-state index in [1.807, 2.05) is 36.4 Å². The number of allylic oxidation sites excluding steroid dienone is 1. The van der Waals surface area contributed by atoms with Crippen LogP contribution in [-0.2, 0) is 13.5 Å². The van der Waals surface area contributed by atoms with Crippen LogP contribution in [0.1, 0.15) is 42.3 Å². The number of rotatable bonds is 3. The molecule has 1 saturated carbocycles. The standard InChI is InChI=1S/C19H19N5/c1-23-12-15(11-21-23)13-4-7-17-18(9-13)24(16-5-6-16)19(22-17)14-3-2-8-20-10-14/h2-3,8-12,16H,4-7H2,1H3. The molecule has 2 aliphatic carbocycles. The van der Waals surface area contributed by atoms with Crippen molar-refractivity contribution in [2.75, 3.05) is 0 Å². The fraction of sp³-hybridized carbons (Fsp3) is 0.316. The summed E-state index contributed by atoms with van der Waals surface area (Å²) < 4.78 is 4.30. The summed E-state index contributed by atoms with van der Waals surface area (Å²) in [6.07, 6.45) is 14.6. The first kappa shape index (κ1) is 13.7. The molecule has 0 radical (unpaired) electrons. The molecule has 0 spiro atoms. The average molecular weight is 317 g/mol. The van der Waals surface area contributed by atoms with Gasteiger partial charge in [-0.3, -0.25) is 9.67 Å². The van der Waals surface area contributed by atoms with Crippen LogP contribution in [0.2, 0.25) is 0 Å². The molecule has 0 atom stereocenters. The summed E-state index contributed by atoms with van der Waals surface area (Å²) in [4.78, 5) is 9.25. The zero-order chi connectivity index (χ0) is 16.1. The summed E-state index contributed by atoms with van der Waals surface area (Å²) in [6, 6.07) is 4.67. The first-order valence-corrected chi connectivity index (χ1v) is 8.50. The van der Waals surface area contributed by atoms with Crippen molar-refractivity contribution >= 4 is 11.6 Å². The summed E-state index contributed by atoms with van der Waals surface area (Å²) >= 11 is 0. The Balaban J connectivity index is 1.65. The number of nitrogens with zero attached hydrogens (tertiary/aromatic N) is 5. The monoisotopic (exact) mass is 317 g/mol. The molecule has 5 heteroatoms. The predicted molar refractivity (Wildman–Crippen MR) is 93.1 cm³/mol. The maximum Gasteiger partial charge on any atom is 0.142 e. The Hall–Kier alpha value is -2.69. The third kappa shape index (κ3) is 2.19. The fourth-order valence-corrected chi connectivity index (χ4v) is 3.53. The van der Waals surface area contributed by atoms with E-state index in [1.54, 1.807) is 0 Å². The Morgan fingerprint density at radius 2 is 2.04 bits per heavy atom. The lowest BCUT2D eigenvalue weighted by Crippen LogP contribution is -2.04. The second kappa shape index (κ2) is 5.16. The van der Waals surface area contributed by atoms with Gasteiger partial charge in [0.25, 0.3) is 0 Å². The third-order valence-corrected chi connectivity index (χ3v) is 4.87. The molecule has 24 heavy (non-hydrogen) atoms. The van der Waals surface area contributed by atoms with Crippen molar-refractivity contribution in [1.29, 1.82) is 0 Å². The van der Waals surface area contributed by atoms with Crippen molar-refractivity contribution in [2.45, 2.75) is 31.7 Å². The Morgan fingerprint density at radius 1 is 1.12 bits per heavy atom. The van der Waals surface area contributed by atoms with Gasteiger partial charge in [0.2, 0.25) is 0 Å². The van der Waals surface area contributed by atoms with Crippen LogP contribution in [0.5, 0.6) is 0 Å². The zero-order valence-corrected chi connectivity index (χ0v) is 13.7. The average Bonchev–Trinajstić information content (AvgIpc) is 3.24. The highest BCUT2D eigenvalue weighted by atomic mass is 15.2. The molecule has 0 bridgehead atoms. The summed E-state index contributed by atoms with van der Waals surface area (Å²) in [6.45, 7) is 0. The molecule has 0 aromatic carbocycles. The molecule has 0 saturated heterocycles. The first-order valence-electron chi connectivity index (χ1n) is 8.50. The summed E-state index contributed by atoms with van der Waals surface area (Å²) in [5, 5.41) is 4.32. The van der Waals surface area contributed by atoms with E-state index in [1.165, 1.54) is 35.4 Å². The molecule has 3 heterocycles. The predicted octanol–water partition coefficient (Wildman–Crippen LogP) is 3.50.